The topological polar surface area (TPSA) is 30.0 Å². The molecule has 0 radical (unpaired) electrons. The predicted octanol–water partition coefficient (Wildman–Crippen LogP) is 3.80. The summed E-state index contributed by atoms with van der Waals surface area (Å²) in [5.41, 5.74) is 1.17. The van der Waals surface area contributed by atoms with Crippen LogP contribution in [0.2, 0.25) is 0 Å². The fraction of sp³-hybridized carbons (Fsp3) is 0.625. The number of carbonyl (C=O) groups is 1. The van der Waals surface area contributed by atoms with Crippen LogP contribution in [0, 0.1) is 11.8 Å². The highest BCUT2D eigenvalue weighted by Crippen LogP contribution is 2.32. The lowest BCUT2D eigenvalue weighted by atomic mass is 9.77. The standard InChI is InChI=1S/C16H23NO/c1-2-13-5-3-7-15(11-13)16(18)9-8-14-6-4-10-17-12-14/h4,6,10,12-13,15H,2-3,5,7-9,11H2,1H3. The fourth-order valence-electron chi connectivity index (χ4n) is 2.97. The second-order valence-corrected chi connectivity index (χ2v) is 5.47. The lowest BCUT2D eigenvalue weighted by Crippen LogP contribution is -2.23. The van der Waals surface area contributed by atoms with Crippen molar-refractivity contribution in [1.29, 1.82) is 0 Å². The van der Waals surface area contributed by atoms with Gasteiger partial charge in [-0.15, -0.1) is 0 Å². The van der Waals surface area contributed by atoms with Crippen LogP contribution in [-0.4, -0.2) is 10.8 Å². The Bertz CT molecular complexity index is 374. The first-order chi connectivity index (χ1) is 8.79. The van der Waals surface area contributed by atoms with Crippen LogP contribution in [0.4, 0.5) is 0 Å². The van der Waals surface area contributed by atoms with Crippen molar-refractivity contribution >= 4 is 5.78 Å². The van der Waals surface area contributed by atoms with E-state index in [1.54, 1.807) is 6.20 Å². The molecule has 1 saturated carbocycles. The van der Waals surface area contributed by atoms with Gasteiger partial charge in [0.05, 0.1) is 0 Å². The SMILES string of the molecule is CCC1CCCC(C(=O)CCc2cccnc2)C1. The molecule has 2 rings (SSSR count). The van der Waals surface area contributed by atoms with E-state index in [0.717, 1.165) is 25.2 Å². The van der Waals surface area contributed by atoms with E-state index in [0.29, 0.717) is 18.1 Å². The molecule has 0 spiro atoms. The van der Waals surface area contributed by atoms with Crippen molar-refractivity contribution in [2.75, 3.05) is 0 Å². The Kier molecular flexibility index (Phi) is 4.91. The van der Waals surface area contributed by atoms with Gasteiger partial charge in [0.15, 0.2) is 0 Å². The molecule has 1 fully saturated rings. The average molecular weight is 245 g/mol. The third-order valence-electron chi connectivity index (χ3n) is 4.20. The summed E-state index contributed by atoms with van der Waals surface area (Å²) < 4.78 is 0. The minimum atomic E-state index is 0.334. The summed E-state index contributed by atoms with van der Waals surface area (Å²) in [5.74, 6) is 1.59. The second kappa shape index (κ2) is 6.67. The normalized spacial score (nSPS) is 23.8. The first-order valence-electron chi connectivity index (χ1n) is 7.21. The van der Waals surface area contributed by atoms with Crippen molar-refractivity contribution < 1.29 is 4.79 Å². The van der Waals surface area contributed by atoms with E-state index in [1.165, 1.54) is 24.8 Å². The van der Waals surface area contributed by atoms with Gasteiger partial charge >= 0.3 is 0 Å². The third kappa shape index (κ3) is 3.66. The Labute approximate surface area is 110 Å². The molecule has 1 aromatic heterocycles. The zero-order chi connectivity index (χ0) is 12.8. The maximum atomic E-state index is 12.2. The molecule has 0 bridgehead atoms. The molecular weight excluding hydrogens is 222 g/mol. The number of carbonyl (C=O) groups excluding carboxylic acids is 1. The molecule has 0 N–H and O–H groups in total. The number of rotatable bonds is 5. The van der Waals surface area contributed by atoms with E-state index in [4.69, 9.17) is 0 Å². The number of hydrogen-bond acceptors (Lipinski definition) is 2. The van der Waals surface area contributed by atoms with Crippen LogP contribution in [0.1, 0.15) is 51.0 Å². The lowest BCUT2D eigenvalue weighted by Gasteiger charge is -2.27. The van der Waals surface area contributed by atoms with Crippen LogP contribution in [-0.2, 0) is 11.2 Å². The highest BCUT2D eigenvalue weighted by Gasteiger charge is 2.25. The molecule has 2 nitrogen and oxygen atoms in total. The highest BCUT2D eigenvalue weighted by atomic mass is 16.1. The number of pyridine rings is 1. The minimum Gasteiger partial charge on any atom is -0.299 e. The van der Waals surface area contributed by atoms with Gasteiger partial charge in [-0.2, -0.15) is 0 Å². The predicted molar refractivity (Wildman–Crippen MR) is 73.3 cm³/mol. The van der Waals surface area contributed by atoms with E-state index >= 15 is 0 Å². The molecule has 1 aliphatic rings. The summed E-state index contributed by atoms with van der Waals surface area (Å²) in [6, 6.07) is 3.99. The van der Waals surface area contributed by atoms with Gasteiger partial charge in [-0.3, -0.25) is 9.78 Å². The summed E-state index contributed by atoms with van der Waals surface area (Å²) in [6.45, 7) is 2.24. The third-order valence-corrected chi connectivity index (χ3v) is 4.20. The molecule has 2 heteroatoms. The monoisotopic (exact) mass is 245 g/mol. The van der Waals surface area contributed by atoms with Crippen LogP contribution < -0.4 is 0 Å². The van der Waals surface area contributed by atoms with E-state index in [-0.39, 0.29) is 0 Å². The van der Waals surface area contributed by atoms with Gasteiger partial charge in [-0.05, 0) is 36.8 Å². The van der Waals surface area contributed by atoms with Gasteiger partial charge in [0.25, 0.3) is 0 Å². The first kappa shape index (κ1) is 13.3. The van der Waals surface area contributed by atoms with Crippen LogP contribution >= 0.6 is 0 Å². The van der Waals surface area contributed by atoms with Crippen molar-refractivity contribution in [3.05, 3.63) is 30.1 Å². The van der Waals surface area contributed by atoms with E-state index < -0.39 is 0 Å². The highest BCUT2D eigenvalue weighted by molar-refractivity contribution is 5.81. The Hall–Kier alpha value is -1.18. The van der Waals surface area contributed by atoms with Gasteiger partial charge in [0, 0.05) is 24.7 Å². The van der Waals surface area contributed by atoms with Crippen LogP contribution in [0.5, 0.6) is 0 Å². The van der Waals surface area contributed by atoms with E-state index in [9.17, 15) is 4.79 Å². The van der Waals surface area contributed by atoms with Crippen LogP contribution in [0.25, 0.3) is 0 Å². The largest absolute Gasteiger partial charge is 0.299 e. The molecule has 1 heterocycles. The van der Waals surface area contributed by atoms with Gasteiger partial charge in [-0.25, -0.2) is 0 Å². The summed E-state index contributed by atoms with van der Waals surface area (Å²) in [6.07, 6.45) is 11.2. The second-order valence-electron chi connectivity index (χ2n) is 5.47. The average Bonchev–Trinajstić information content (AvgIpc) is 2.46. The Morgan fingerprint density at radius 1 is 1.44 bits per heavy atom. The number of aromatic nitrogens is 1. The molecule has 1 aromatic rings. The van der Waals surface area contributed by atoms with E-state index in [2.05, 4.69) is 18.0 Å². The minimum absolute atomic E-state index is 0.334. The zero-order valence-electron chi connectivity index (χ0n) is 11.3. The smallest absolute Gasteiger partial charge is 0.136 e. The lowest BCUT2D eigenvalue weighted by molar-refractivity contribution is -0.124. The molecule has 0 aliphatic heterocycles. The van der Waals surface area contributed by atoms with Crippen molar-refractivity contribution in [1.82, 2.24) is 4.98 Å². The van der Waals surface area contributed by atoms with E-state index in [1.807, 2.05) is 12.3 Å². The summed E-state index contributed by atoms with van der Waals surface area (Å²) in [4.78, 5) is 16.3. The van der Waals surface area contributed by atoms with Crippen molar-refractivity contribution in [3.63, 3.8) is 0 Å². The zero-order valence-corrected chi connectivity index (χ0v) is 11.3. The molecule has 98 valence electrons. The number of Topliss-reactive ketones (excluding diaryl/α,β-unsaturated/α-hetero) is 1. The molecule has 0 aromatic carbocycles. The number of ketones is 1. The molecule has 2 atom stereocenters. The molecule has 18 heavy (non-hydrogen) atoms. The van der Waals surface area contributed by atoms with Crippen molar-refractivity contribution in [3.8, 4) is 0 Å². The summed E-state index contributed by atoms with van der Waals surface area (Å²) in [5, 5.41) is 0. The van der Waals surface area contributed by atoms with Gasteiger partial charge in [0.1, 0.15) is 5.78 Å². The van der Waals surface area contributed by atoms with Gasteiger partial charge < -0.3 is 0 Å². The summed E-state index contributed by atoms with van der Waals surface area (Å²) in [7, 11) is 0. The Balaban J connectivity index is 1.81. The summed E-state index contributed by atoms with van der Waals surface area (Å²) >= 11 is 0. The number of hydrogen-bond donors (Lipinski definition) is 0. The van der Waals surface area contributed by atoms with Crippen LogP contribution in [0.3, 0.4) is 0 Å². The maximum absolute atomic E-state index is 12.2. The molecule has 2 unspecified atom stereocenters. The Morgan fingerprint density at radius 3 is 3.06 bits per heavy atom. The Morgan fingerprint density at radius 2 is 2.33 bits per heavy atom. The number of nitrogens with zero attached hydrogens (tertiary/aromatic N) is 1. The first-order valence-corrected chi connectivity index (χ1v) is 7.21. The number of aryl methyl sites for hydroxylation is 1. The molecular formula is C16H23NO. The molecule has 1 aliphatic carbocycles. The quantitative estimate of drug-likeness (QED) is 0.789. The van der Waals surface area contributed by atoms with Crippen LogP contribution in [0.15, 0.2) is 24.5 Å². The maximum Gasteiger partial charge on any atom is 0.136 e. The molecule has 0 amide bonds. The fourth-order valence-corrected chi connectivity index (χ4v) is 2.97. The molecule has 0 saturated heterocycles. The van der Waals surface area contributed by atoms with Gasteiger partial charge in [-0.1, -0.05) is 32.3 Å². The van der Waals surface area contributed by atoms with Gasteiger partial charge in [0.2, 0.25) is 0 Å². The van der Waals surface area contributed by atoms with Crippen molar-refractivity contribution in [2.45, 2.75) is 51.9 Å². The van der Waals surface area contributed by atoms with Crippen molar-refractivity contribution in [2.24, 2.45) is 11.8 Å².